The van der Waals surface area contributed by atoms with E-state index < -0.39 is 0 Å². The van der Waals surface area contributed by atoms with Crippen LogP contribution in [0.25, 0.3) is 10.9 Å². The van der Waals surface area contributed by atoms with Crippen molar-refractivity contribution in [3.63, 3.8) is 0 Å². The average molecular weight is 492 g/mol. The van der Waals surface area contributed by atoms with E-state index in [-0.39, 0.29) is 24.2 Å². The van der Waals surface area contributed by atoms with Gasteiger partial charge >= 0.3 is 0 Å². The zero-order valence-corrected chi connectivity index (χ0v) is 21.0. The highest BCUT2D eigenvalue weighted by molar-refractivity contribution is 5.93. The number of carbonyl (C=O) groups is 2. The van der Waals surface area contributed by atoms with E-state index in [1.165, 1.54) is 0 Å². The van der Waals surface area contributed by atoms with Gasteiger partial charge in [-0.05, 0) is 62.6 Å². The van der Waals surface area contributed by atoms with Crippen molar-refractivity contribution in [2.24, 2.45) is 5.92 Å². The van der Waals surface area contributed by atoms with Gasteiger partial charge in [-0.1, -0.05) is 25.1 Å². The Morgan fingerprint density at radius 2 is 1.94 bits per heavy atom. The Bertz CT molecular complexity index is 1210. The van der Waals surface area contributed by atoms with Crippen LogP contribution in [0.1, 0.15) is 54.2 Å². The summed E-state index contributed by atoms with van der Waals surface area (Å²) in [4.78, 5) is 29.4. The van der Waals surface area contributed by atoms with E-state index in [0.29, 0.717) is 29.1 Å². The third-order valence-electron chi connectivity index (χ3n) is 6.84. The smallest absolute Gasteiger partial charge is 0.295 e. The summed E-state index contributed by atoms with van der Waals surface area (Å²) in [6.45, 7) is 6.78. The Kier molecular flexibility index (Phi) is 8.18. The Hall–Kier alpha value is -3.49. The van der Waals surface area contributed by atoms with Gasteiger partial charge < -0.3 is 4.74 Å². The van der Waals surface area contributed by atoms with Gasteiger partial charge in [0.15, 0.2) is 0 Å². The number of hydroxylamine groups is 1. The largest absolute Gasteiger partial charge is 0.489 e. The Balaban J connectivity index is 1.41. The predicted molar refractivity (Wildman–Crippen MR) is 137 cm³/mol. The summed E-state index contributed by atoms with van der Waals surface area (Å²) in [5.41, 5.74) is 8.49. The molecule has 36 heavy (non-hydrogen) atoms. The molecule has 0 aliphatic carbocycles. The number of fused-ring (bicyclic) bond motifs is 1. The fourth-order valence-electron chi connectivity index (χ4n) is 5.28. The number of aryl methyl sites for hydroxylation is 1. The molecule has 3 aromatic rings. The molecule has 0 saturated carbocycles. The van der Waals surface area contributed by atoms with E-state index in [1.54, 1.807) is 17.6 Å². The molecule has 0 bridgehead atoms. The van der Waals surface area contributed by atoms with E-state index in [0.717, 1.165) is 54.5 Å². The summed E-state index contributed by atoms with van der Waals surface area (Å²) in [5, 5.41) is 9.96. The van der Waals surface area contributed by atoms with Crippen LogP contribution in [-0.4, -0.2) is 46.2 Å². The maximum Gasteiger partial charge on any atom is 0.295 e. The molecule has 1 saturated heterocycles. The van der Waals surface area contributed by atoms with Crippen LogP contribution in [0.4, 0.5) is 0 Å². The van der Waals surface area contributed by atoms with Crippen molar-refractivity contribution >= 4 is 22.7 Å². The number of ether oxygens (including phenoxy) is 1. The minimum atomic E-state index is -0.381. The summed E-state index contributed by atoms with van der Waals surface area (Å²) in [6.07, 6.45) is 2.99. The van der Waals surface area contributed by atoms with Crippen molar-refractivity contribution in [2.75, 3.05) is 19.6 Å². The number of rotatable bonds is 9. The Morgan fingerprint density at radius 3 is 2.69 bits per heavy atom. The fraction of sp³-hybridized carbons (Fsp3) is 0.393. The number of aromatic nitrogens is 1. The maximum atomic E-state index is 13.2. The van der Waals surface area contributed by atoms with E-state index >= 15 is 0 Å². The standard InChI is InChI=1S/C28H34N4O4/c1-3-14-32(15-6-7-21(18-32)17-27(33)31-35)30-28(34)22-10-12-24(13-11-22)36-19-23-16-20(2)29-26-9-5-4-8-25(23)26/h4-5,8-13,16,21H,3,6-7,14-15,17-19H2,1-2H3,(H2-,30,31,33,34,35)/p+1. The monoisotopic (exact) mass is 491 g/mol. The number of piperidine rings is 1. The van der Waals surface area contributed by atoms with Gasteiger partial charge in [-0.15, -0.1) is 0 Å². The molecule has 2 atom stereocenters. The number of carbonyl (C=O) groups excluding carboxylic acids is 2. The van der Waals surface area contributed by atoms with Gasteiger partial charge in [0.05, 0.1) is 5.52 Å². The topological polar surface area (TPSA) is 101 Å². The molecule has 4 rings (SSSR count). The molecule has 1 fully saturated rings. The summed E-state index contributed by atoms with van der Waals surface area (Å²) in [6, 6.07) is 17.3. The number of quaternary nitrogens is 1. The van der Waals surface area contributed by atoms with E-state index in [4.69, 9.17) is 9.94 Å². The lowest BCUT2D eigenvalue weighted by Gasteiger charge is -2.43. The number of para-hydroxylation sites is 1. The molecule has 2 unspecified atom stereocenters. The molecule has 8 heteroatoms. The second kappa shape index (κ2) is 11.5. The first-order valence-corrected chi connectivity index (χ1v) is 12.6. The number of nitrogens with zero attached hydrogens (tertiary/aromatic N) is 2. The number of pyridine rings is 1. The van der Waals surface area contributed by atoms with Crippen LogP contribution in [0.3, 0.4) is 0 Å². The third-order valence-corrected chi connectivity index (χ3v) is 6.84. The van der Waals surface area contributed by atoms with Crippen molar-refractivity contribution in [1.82, 2.24) is 15.9 Å². The molecular weight excluding hydrogens is 456 g/mol. The number of likely N-dealkylation sites (tertiary alicyclic amines) is 1. The molecule has 2 aromatic carbocycles. The highest BCUT2D eigenvalue weighted by Crippen LogP contribution is 2.26. The lowest BCUT2D eigenvalue weighted by Crippen LogP contribution is -2.64. The van der Waals surface area contributed by atoms with Gasteiger partial charge in [-0.3, -0.25) is 19.8 Å². The summed E-state index contributed by atoms with van der Waals surface area (Å²) < 4.78 is 6.49. The fourth-order valence-corrected chi connectivity index (χ4v) is 5.28. The quantitative estimate of drug-likeness (QED) is 0.235. The average Bonchev–Trinajstić information content (AvgIpc) is 2.87. The minimum absolute atomic E-state index is 0.112. The molecule has 3 N–H and O–H groups in total. The maximum absolute atomic E-state index is 13.2. The summed E-state index contributed by atoms with van der Waals surface area (Å²) in [5.74, 6) is 0.281. The predicted octanol–water partition coefficient (Wildman–Crippen LogP) is 4.30. The van der Waals surface area contributed by atoms with E-state index in [1.807, 2.05) is 49.4 Å². The Labute approximate surface area is 211 Å². The van der Waals surface area contributed by atoms with Crippen LogP contribution in [0.2, 0.25) is 0 Å². The molecule has 2 heterocycles. The lowest BCUT2D eigenvalue weighted by molar-refractivity contribution is -0.968. The summed E-state index contributed by atoms with van der Waals surface area (Å²) >= 11 is 0. The zero-order valence-electron chi connectivity index (χ0n) is 21.0. The molecule has 8 nitrogen and oxygen atoms in total. The third kappa shape index (κ3) is 6.19. The number of nitrogens with one attached hydrogen (secondary N) is 2. The van der Waals surface area contributed by atoms with Gasteiger partial charge in [-0.25, -0.2) is 10.1 Å². The van der Waals surface area contributed by atoms with Crippen molar-refractivity contribution in [1.29, 1.82) is 0 Å². The van der Waals surface area contributed by atoms with Gasteiger partial charge in [0.25, 0.3) is 5.91 Å². The van der Waals surface area contributed by atoms with Gasteiger partial charge in [0.2, 0.25) is 5.91 Å². The highest BCUT2D eigenvalue weighted by atomic mass is 16.5. The number of hydrogen-bond acceptors (Lipinski definition) is 5. The van der Waals surface area contributed by atoms with E-state index in [2.05, 4.69) is 17.3 Å². The second-order valence-corrected chi connectivity index (χ2v) is 9.72. The van der Waals surface area contributed by atoms with Crippen LogP contribution in [0.15, 0.2) is 54.6 Å². The first-order chi connectivity index (χ1) is 17.4. The van der Waals surface area contributed by atoms with Gasteiger partial charge in [0, 0.05) is 34.5 Å². The van der Waals surface area contributed by atoms with Gasteiger partial charge in [-0.2, -0.15) is 5.43 Å². The molecular formula is C28H35N4O4+. The van der Waals surface area contributed by atoms with Crippen molar-refractivity contribution in [2.45, 2.75) is 46.1 Å². The molecule has 0 radical (unpaired) electrons. The van der Waals surface area contributed by atoms with Gasteiger partial charge in [0.1, 0.15) is 32.0 Å². The SMILES string of the molecule is CCC[N+]1(NC(=O)c2ccc(OCc3cc(C)nc4ccccc34)cc2)CCCC(CC(=O)NO)C1. The molecule has 2 amide bonds. The second-order valence-electron chi connectivity index (χ2n) is 9.72. The number of hydrogen-bond donors (Lipinski definition) is 3. The lowest BCUT2D eigenvalue weighted by atomic mass is 9.93. The number of amides is 2. The van der Waals surface area contributed by atoms with Crippen LogP contribution in [-0.2, 0) is 11.4 Å². The molecule has 190 valence electrons. The Morgan fingerprint density at radius 1 is 1.17 bits per heavy atom. The van der Waals surface area contributed by atoms with Crippen LogP contribution < -0.4 is 15.6 Å². The van der Waals surface area contributed by atoms with Crippen LogP contribution >= 0.6 is 0 Å². The zero-order chi connectivity index (χ0) is 25.5. The summed E-state index contributed by atoms with van der Waals surface area (Å²) in [7, 11) is 0. The van der Waals surface area contributed by atoms with E-state index in [9.17, 15) is 9.59 Å². The van der Waals surface area contributed by atoms with Crippen LogP contribution in [0, 0.1) is 12.8 Å². The molecule has 1 aromatic heterocycles. The molecule has 1 aliphatic heterocycles. The molecule has 0 spiro atoms. The van der Waals surface area contributed by atoms with Crippen molar-refractivity contribution < 1.29 is 24.1 Å². The van der Waals surface area contributed by atoms with Crippen molar-refractivity contribution in [3.05, 3.63) is 71.4 Å². The van der Waals surface area contributed by atoms with Crippen molar-refractivity contribution in [3.8, 4) is 5.75 Å². The highest BCUT2D eigenvalue weighted by Gasteiger charge is 2.37. The first kappa shape index (κ1) is 25.6. The van der Waals surface area contributed by atoms with Crippen LogP contribution in [0.5, 0.6) is 5.75 Å². The normalized spacial score (nSPS) is 19.6. The first-order valence-electron chi connectivity index (χ1n) is 12.6. The minimum Gasteiger partial charge on any atom is -0.489 e. The number of benzene rings is 2. The molecule has 1 aliphatic rings.